The van der Waals surface area contributed by atoms with E-state index in [1.165, 1.54) is 13.0 Å². The van der Waals surface area contributed by atoms with Crippen LogP contribution in [-0.2, 0) is 20.7 Å². The predicted octanol–water partition coefficient (Wildman–Crippen LogP) is 6.21. The van der Waals surface area contributed by atoms with E-state index in [1.54, 1.807) is 32.1 Å². The largest absolute Gasteiger partial charge is 0.506 e. The molecule has 0 unspecified atom stereocenters. The third-order valence-corrected chi connectivity index (χ3v) is 10.3. The quantitative estimate of drug-likeness (QED) is 0.223. The molecule has 3 aliphatic heterocycles. The lowest BCUT2D eigenvalue weighted by Gasteiger charge is -2.56. The fourth-order valence-corrected chi connectivity index (χ4v) is 8.08. The molecule has 5 atom stereocenters. The van der Waals surface area contributed by atoms with Gasteiger partial charge in [0.1, 0.15) is 28.4 Å². The van der Waals surface area contributed by atoms with Gasteiger partial charge in [-0.3, -0.25) is 9.59 Å². The van der Waals surface area contributed by atoms with Crippen LogP contribution >= 0.6 is 0 Å². The van der Waals surface area contributed by atoms with Gasteiger partial charge in [-0.1, -0.05) is 36.0 Å². The average Bonchev–Trinajstić information content (AvgIpc) is 3.11. The number of carbonyl (C=O) groups excluding carboxylic acids is 2. The highest BCUT2D eigenvalue weighted by molar-refractivity contribution is 6.19. The van der Waals surface area contributed by atoms with Gasteiger partial charge in [0.25, 0.3) is 0 Å². The fraction of sp³-hybridized carbons (Fsp3) is 0.500. The summed E-state index contributed by atoms with van der Waals surface area (Å²) >= 11 is 0. The first-order chi connectivity index (χ1) is 21.8. The van der Waals surface area contributed by atoms with E-state index < -0.39 is 51.6 Å². The van der Waals surface area contributed by atoms with Crippen molar-refractivity contribution in [2.24, 2.45) is 11.8 Å². The number of benzene rings is 1. The molecule has 1 aromatic carbocycles. The van der Waals surface area contributed by atoms with Crippen molar-refractivity contribution < 1.29 is 43.9 Å². The van der Waals surface area contributed by atoms with Crippen LogP contribution in [0.15, 0.2) is 53.2 Å². The number of carbonyl (C=O) groups is 3. The van der Waals surface area contributed by atoms with Crippen molar-refractivity contribution >= 4 is 23.6 Å². The molecule has 47 heavy (non-hydrogen) atoms. The fourth-order valence-electron chi connectivity index (χ4n) is 8.08. The number of aliphatic hydroxyl groups is 1. The Bertz CT molecular complexity index is 1760. The summed E-state index contributed by atoms with van der Waals surface area (Å²) < 4.78 is 20.5. The van der Waals surface area contributed by atoms with Crippen molar-refractivity contribution in [3.63, 3.8) is 0 Å². The zero-order valence-electron chi connectivity index (χ0n) is 28.3. The Labute approximate surface area is 275 Å². The Hall–Kier alpha value is -3.95. The van der Waals surface area contributed by atoms with Crippen LogP contribution in [0.4, 0.5) is 0 Å². The normalized spacial score (nSPS) is 31.5. The van der Waals surface area contributed by atoms with Crippen LogP contribution in [-0.4, -0.2) is 60.9 Å². The molecule has 9 nitrogen and oxygen atoms in total. The van der Waals surface area contributed by atoms with Crippen LogP contribution in [0.1, 0.15) is 96.1 Å². The van der Waals surface area contributed by atoms with Crippen molar-refractivity contribution in [3.8, 4) is 17.2 Å². The first-order valence-electron chi connectivity index (χ1n) is 16.2. The van der Waals surface area contributed by atoms with E-state index >= 15 is 0 Å². The molecule has 0 amide bonds. The van der Waals surface area contributed by atoms with Crippen LogP contribution in [0.3, 0.4) is 0 Å². The lowest BCUT2D eigenvalue weighted by molar-refractivity contribution is -0.171. The van der Waals surface area contributed by atoms with Crippen molar-refractivity contribution in [2.45, 2.75) is 109 Å². The van der Waals surface area contributed by atoms with E-state index in [1.807, 2.05) is 52.8 Å². The maximum absolute atomic E-state index is 14.7. The molecule has 9 heteroatoms. The number of phenols is 1. The standard InChI is InChI=1S/C38H44O9/c1-20(2)10-11-24-30-23(13-16-36(8,45-30)15-9-14-34(4,5)44)28(39)27-29(40)25-18-22-19-26-35(6,7)47-37(32(22)41,17-12-21(3)33(42)43)38(25,26)46-31(24)27/h9-10,12-14,16,18,22,26,39,44H,11,15,17,19H2,1-8H3,(H,42,43)/b14-9+,21-12-/t22-,26+,36-,37+,38-/m1/s1. The monoisotopic (exact) mass is 644 g/mol. The number of rotatable bonds is 8. The minimum atomic E-state index is -1.66. The van der Waals surface area contributed by atoms with Gasteiger partial charge < -0.3 is 29.5 Å². The molecule has 2 fully saturated rings. The average molecular weight is 645 g/mol. The SMILES string of the molecule is CC(C)=CCc1c2c(c(O)c3c1O[C@]14C(=C[C@@H]5C[C@H]1C(C)(C)O[C@@]4(C/C=C(/C)C(=O)O)C5=O)C3=O)C=C[C@@](C)(C/C=C/C(C)(C)O)O2. The van der Waals surface area contributed by atoms with Crippen molar-refractivity contribution in [3.05, 3.63) is 69.9 Å². The van der Waals surface area contributed by atoms with Gasteiger partial charge in [0, 0.05) is 41.4 Å². The molecule has 1 saturated heterocycles. The van der Waals surface area contributed by atoms with Gasteiger partial charge >= 0.3 is 5.97 Å². The summed E-state index contributed by atoms with van der Waals surface area (Å²) in [4.78, 5) is 40.8. The smallest absolute Gasteiger partial charge is 0.330 e. The maximum atomic E-state index is 14.7. The highest BCUT2D eigenvalue weighted by Crippen LogP contribution is 2.68. The number of carboxylic acid groups (broad SMARTS) is 1. The molecule has 1 saturated carbocycles. The molecule has 1 aromatic rings. The van der Waals surface area contributed by atoms with Gasteiger partial charge in [0.2, 0.25) is 0 Å². The van der Waals surface area contributed by atoms with Crippen LogP contribution in [0, 0.1) is 11.8 Å². The molecule has 3 heterocycles. The molecule has 3 N–H and O–H groups in total. The van der Waals surface area contributed by atoms with E-state index in [0.29, 0.717) is 36.1 Å². The number of hydrogen-bond donors (Lipinski definition) is 3. The minimum Gasteiger partial charge on any atom is -0.506 e. The second-order valence-electron chi connectivity index (χ2n) is 15.2. The number of aromatic hydroxyl groups is 1. The lowest BCUT2D eigenvalue weighted by atomic mass is 9.51. The summed E-state index contributed by atoms with van der Waals surface area (Å²) in [6.45, 7) is 14.4. The summed E-state index contributed by atoms with van der Waals surface area (Å²) in [5, 5.41) is 31.6. The summed E-state index contributed by atoms with van der Waals surface area (Å²) in [6, 6.07) is 0. The van der Waals surface area contributed by atoms with E-state index in [0.717, 1.165) is 5.57 Å². The van der Waals surface area contributed by atoms with Crippen molar-refractivity contribution in [1.29, 1.82) is 0 Å². The van der Waals surface area contributed by atoms with Crippen molar-refractivity contribution in [2.75, 3.05) is 0 Å². The molecule has 4 bridgehead atoms. The molecular formula is C38H44O9. The first-order valence-corrected chi connectivity index (χ1v) is 16.2. The van der Waals surface area contributed by atoms with Crippen molar-refractivity contribution in [1.82, 2.24) is 0 Å². The molecule has 0 radical (unpaired) electrons. The summed E-state index contributed by atoms with van der Waals surface area (Å²) in [5.74, 6) is -2.58. The summed E-state index contributed by atoms with van der Waals surface area (Å²) in [6.07, 6.45) is 13.3. The lowest BCUT2D eigenvalue weighted by Crippen LogP contribution is -2.72. The molecule has 6 aliphatic rings. The Kier molecular flexibility index (Phi) is 7.38. The Morgan fingerprint density at radius 1 is 1.06 bits per heavy atom. The number of allylic oxidation sites excluding steroid dienone is 3. The van der Waals surface area contributed by atoms with Gasteiger partial charge in [-0.2, -0.15) is 0 Å². The van der Waals surface area contributed by atoms with E-state index in [-0.39, 0.29) is 40.4 Å². The Morgan fingerprint density at radius 2 is 1.77 bits per heavy atom. The van der Waals surface area contributed by atoms with E-state index in [4.69, 9.17) is 14.2 Å². The van der Waals surface area contributed by atoms with Gasteiger partial charge in [-0.25, -0.2) is 4.79 Å². The third kappa shape index (κ3) is 4.84. The van der Waals surface area contributed by atoms with Crippen LogP contribution in [0.5, 0.6) is 17.2 Å². The number of fused-ring (bicyclic) bond motifs is 2. The number of phenolic OH excluding ortho intramolecular Hbond substituents is 1. The first kappa shape index (κ1) is 33.0. The summed E-state index contributed by atoms with van der Waals surface area (Å²) in [5.41, 5.74) is -3.67. The van der Waals surface area contributed by atoms with E-state index in [9.17, 15) is 29.7 Å². The number of ether oxygens (including phenoxy) is 3. The van der Waals surface area contributed by atoms with Gasteiger partial charge in [-0.05, 0) is 80.4 Å². The topological polar surface area (TPSA) is 140 Å². The molecule has 3 aliphatic carbocycles. The van der Waals surface area contributed by atoms with E-state index in [2.05, 4.69) is 0 Å². The van der Waals surface area contributed by atoms with Gasteiger partial charge in [-0.15, -0.1) is 0 Å². The second-order valence-corrected chi connectivity index (χ2v) is 15.2. The second kappa shape index (κ2) is 10.5. The number of aliphatic carboxylic acids is 1. The third-order valence-electron chi connectivity index (χ3n) is 10.3. The molecule has 1 spiro atoms. The number of hydrogen-bond acceptors (Lipinski definition) is 8. The van der Waals surface area contributed by atoms with Gasteiger partial charge in [0.05, 0.1) is 16.8 Å². The zero-order chi connectivity index (χ0) is 34.5. The zero-order valence-corrected chi connectivity index (χ0v) is 28.3. The van der Waals surface area contributed by atoms with Crippen LogP contribution in [0.2, 0.25) is 0 Å². The summed E-state index contributed by atoms with van der Waals surface area (Å²) in [7, 11) is 0. The maximum Gasteiger partial charge on any atom is 0.330 e. The predicted molar refractivity (Wildman–Crippen MR) is 176 cm³/mol. The Balaban J connectivity index is 1.58. The highest BCUT2D eigenvalue weighted by atomic mass is 16.6. The Morgan fingerprint density at radius 3 is 2.40 bits per heavy atom. The minimum absolute atomic E-state index is 0.0150. The van der Waals surface area contributed by atoms with Crippen LogP contribution in [0.25, 0.3) is 6.08 Å². The molecule has 7 rings (SSSR count). The number of Topliss-reactive ketones (excluding diaryl/α,β-unsaturated/α-hetero) is 2. The highest BCUT2D eigenvalue weighted by Gasteiger charge is 2.81. The molecular weight excluding hydrogens is 600 g/mol. The number of carboxylic acids is 1. The van der Waals surface area contributed by atoms with Gasteiger partial charge in [0.15, 0.2) is 22.8 Å². The van der Waals surface area contributed by atoms with Crippen LogP contribution < -0.4 is 9.47 Å². The molecule has 0 aromatic heterocycles. The molecule has 250 valence electrons. The number of ketones is 2.